The lowest BCUT2D eigenvalue weighted by Gasteiger charge is -2.09. The van der Waals surface area contributed by atoms with Gasteiger partial charge in [0, 0.05) is 63.1 Å². The molecule has 10 rings (SSSR count). The zero-order valence-corrected chi connectivity index (χ0v) is 25.1. The predicted molar refractivity (Wildman–Crippen MR) is 181 cm³/mol. The van der Waals surface area contributed by atoms with Crippen LogP contribution in [-0.4, -0.2) is 16.1 Å². The number of rotatable bonds is 3. The van der Waals surface area contributed by atoms with E-state index in [1.807, 2.05) is 47.8 Å². The zero-order chi connectivity index (χ0) is 28.4. The Morgan fingerprint density at radius 1 is 0.721 bits per heavy atom. The van der Waals surface area contributed by atoms with Gasteiger partial charge in [0.1, 0.15) is 4.83 Å². The molecule has 6 heteroatoms. The summed E-state index contributed by atoms with van der Waals surface area (Å²) in [7, 11) is 0. The maximum absolute atomic E-state index is 13.3. The van der Waals surface area contributed by atoms with Crippen LogP contribution in [0, 0.1) is 17.3 Å². The Kier molecular flexibility index (Phi) is 4.70. The second kappa shape index (κ2) is 8.38. The van der Waals surface area contributed by atoms with Crippen molar-refractivity contribution in [3.63, 3.8) is 0 Å². The van der Waals surface area contributed by atoms with Gasteiger partial charge in [0.15, 0.2) is 11.6 Å². The van der Waals surface area contributed by atoms with Crippen LogP contribution >= 0.6 is 34.0 Å². The molecule has 2 saturated carbocycles. The Balaban J connectivity index is 1.08. The van der Waals surface area contributed by atoms with Crippen LogP contribution in [-0.2, 0) is 9.59 Å². The van der Waals surface area contributed by atoms with E-state index in [2.05, 4.69) is 83.4 Å². The van der Waals surface area contributed by atoms with E-state index in [0.29, 0.717) is 5.57 Å². The fraction of sp³-hybridized carbons (Fsp3) is 0.0811. The number of thiophene rings is 3. The molecule has 204 valence electrons. The number of Topliss-reactive ketones (excluding diaryl/α,β-unsaturated/α-hetero) is 2. The first-order valence-corrected chi connectivity index (χ1v) is 16.8. The lowest BCUT2D eigenvalue weighted by Crippen LogP contribution is -2.17. The highest BCUT2D eigenvalue weighted by molar-refractivity contribution is 7.26. The summed E-state index contributed by atoms with van der Waals surface area (Å²) < 4.78 is 5.00. The van der Waals surface area contributed by atoms with Crippen LogP contribution in [0.2, 0.25) is 0 Å². The monoisotopic (exact) mass is 607 g/mol. The van der Waals surface area contributed by atoms with E-state index in [1.54, 1.807) is 22.7 Å². The van der Waals surface area contributed by atoms with Crippen molar-refractivity contribution in [2.24, 2.45) is 17.3 Å². The molecular formula is C37H21NO2S3. The van der Waals surface area contributed by atoms with Crippen molar-refractivity contribution in [3.8, 4) is 15.4 Å². The molecule has 1 spiro atoms. The molecule has 0 N–H and O–H groups in total. The summed E-state index contributed by atoms with van der Waals surface area (Å²) >= 11 is 5.27. The predicted octanol–water partition coefficient (Wildman–Crippen LogP) is 9.84. The molecule has 3 aliphatic carbocycles. The average molecular weight is 608 g/mol. The van der Waals surface area contributed by atoms with Gasteiger partial charge in [-0.3, -0.25) is 9.59 Å². The SMILES string of the molecule is O=C1/C(=C\c2ccc(-c3cc4c5ccccc5n(-c5ccc6sc7ccccc7c6c5)c4s3)s2)C(=O)C23C=CC=CC2[C@H]13. The molecule has 0 bridgehead atoms. The zero-order valence-electron chi connectivity index (χ0n) is 22.6. The van der Waals surface area contributed by atoms with Gasteiger partial charge in [-0.1, -0.05) is 60.7 Å². The van der Waals surface area contributed by atoms with Crippen LogP contribution in [0.15, 0.2) is 115 Å². The Bertz CT molecular complexity index is 2480. The highest BCUT2D eigenvalue weighted by Gasteiger charge is 2.75. The number of hydrogen-bond donors (Lipinski definition) is 0. The number of benzene rings is 3. The molecule has 4 aromatic heterocycles. The molecule has 43 heavy (non-hydrogen) atoms. The van der Waals surface area contributed by atoms with Crippen LogP contribution in [0.3, 0.4) is 0 Å². The molecule has 0 saturated heterocycles. The van der Waals surface area contributed by atoms with Gasteiger partial charge in [-0.25, -0.2) is 0 Å². The lowest BCUT2D eigenvalue weighted by atomic mass is 9.92. The summed E-state index contributed by atoms with van der Waals surface area (Å²) in [6.07, 6.45) is 9.64. The Morgan fingerprint density at radius 2 is 1.56 bits per heavy atom. The first-order chi connectivity index (χ1) is 21.1. The van der Waals surface area contributed by atoms with Crippen molar-refractivity contribution in [3.05, 3.63) is 120 Å². The lowest BCUT2D eigenvalue weighted by molar-refractivity contribution is -0.119. The fourth-order valence-corrected chi connectivity index (χ4v) is 10.7. The van der Waals surface area contributed by atoms with Gasteiger partial charge >= 0.3 is 0 Å². The molecule has 2 unspecified atom stereocenters. The van der Waals surface area contributed by atoms with Crippen molar-refractivity contribution in [2.75, 3.05) is 0 Å². The van der Waals surface area contributed by atoms with Gasteiger partial charge in [0.25, 0.3) is 0 Å². The molecule has 3 aromatic carbocycles. The summed E-state index contributed by atoms with van der Waals surface area (Å²) in [5.41, 5.74) is 2.11. The highest BCUT2D eigenvalue weighted by Crippen LogP contribution is 2.68. The van der Waals surface area contributed by atoms with E-state index in [9.17, 15) is 9.59 Å². The van der Waals surface area contributed by atoms with Crippen LogP contribution in [0.5, 0.6) is 0 Å². The standard InChI is InChI=1S/C37H21NO2S3/c39-34-26(35(40)37-16-6-5-9-27(37)33(34)37)18-21-13-15-31(41-21)32-19-25-22-7-1-3-10-28(22)38(36(25)43-32)20-12-14-30-24(17-20)23-8-2-4-11-29(23)42-30/h1-19,27,33H/b26-18+/t27?,33-,37?/m1/s1. The van der Waals surface area contributed by atoms with Crippen molar-refractivity contribution in [2.45, 2.75) is 0 Å². The van der Waals surface area contributed by atoms with Crippen molar-refractivity contribution < 1.29 is 9.59 Å². The summed E-state index contributed by atoms with van der Waals surface area (Å²) in [6.45, 7) is 0. The van der Waals surface area contributed by atoms with Crippen LogP contribution in [0.4, 0.5) is 0 Å². The molecule has 4 heterocycles. The number of carbonyl (C=O) groups excluding carboxylic acids is 2. The second-order valence-corrected chi connectivity index (χ2v) is 14.8. The van der Waals surface area contributed by atoms with Gasteiger partial charge < -0.3 is 4.57 Å². The minimum absolute atomic E-state index is 0.00105. The van der Waals surface area contributed by atoms with Crippen molar-refractivity contribution in [1.29, 1.82) is 0 Å². The van der Waals surface area contributed by atoms with E-state index >= 15 is 0 Å². The highest BCUT2D eigenvalue weighted by atomic mass is 32.1. The maximum Gasteiger partial charge on any atom is 0.177 e. The minimum Gasteiger partial charge on any atom is -0.301 e. The minimum atomic E-state index is -0.610. The van der Waals surface area contributed by atoms with E-state index in [4.69, 9.17) is 0 Å². The van der Waals surface area contributed by atoms with E-state index < -0.39 is 5.41 Å². The molecule has 7 aromatic rings. The Labute approximate surface area is 258 Å². The summed E-state index contributed by atoms with van der Waals surface area (Å²) in [4.78, 5) is 31.0. The topological polar surface area (TPSA) is 39.1 Å². The van der Waals surface area contributed by atoms with E-state index in [0.717, 1.165) is 15.4 Å². The van der Waals surface area contributed by atoms with Gasteiger partial charge in [-0.15, -0.1) is 34.0 Å². The first-order valence-electron chi connectivity index (χ1n) is 14.3. The summed E-state index contributed by atoms with van der Waals surface area (Å²) in [5.74, 6) is -0.176. The molecule has 2 fully saturated rings. The average Bonchev–Trinajstić information content (AvgIpc) is 3.56. The fourth-order valence-electron chi connectivity index (χ4n) is 7.40. The molecule has 3 atom stereocenters. The van der Waals surface area contributed by atoms with Crippen LogP contribution in [0.1, 0.15) is 4.88 Å². The molecule has 3 nitrogen and oxygen atoms in total. The maximum atomic E-state index is 13.3. The Morgan fingerprint density at radius 3 is 2.49 bits per heavy atom. The number of hydrogen-bond acceptors (Lipinski definition) is 5. The molecule has 3 aliphatic rings. The Hall–Kier alpha value is -4.36. The van der Waals surface area contributed by atoms with Crippen LogP contribution < -0.4 is 0 Å². The summed E-state index contributed by atoms with van der Waals surface area (Å²) in [5, 5.41) is 5.06. The number of ketones is 2. The van der Waals surface area contributed by atoms with Gasteiger partial charge in [-0.2, -0.15) is 0 Å². The molecule has 0 aliphatic heterocycles. The summed E-state index contributed by atoms with van der Waals surface area (Å²) in [6, 6.07) is 30.5. The number of carbonyl (C=O) groups is 2. The normalized spacial score (nSPS) is 23.4. The molecule has 0 radical (unpaired) electrons. The molecular weight excluding hydrogens is 587 g/mol. The third kappa shape index (κ3) is 3.13. The number of aromatic nitrogens is 1. The number of nitrogens with zero attached hydrogens (tertiary/aromatic N) is 1. The van der Waals surface area contributed by atoms with Gasteiger partial charge in [0.05, 0.1) is 16.5 Å². The van der Waals surface area contributed by atoms with E-state index in [-0.39, 0.29) is 23.4 Å². The number of para-hydroxylation sites is 1. The third-order valence-corrected chi connectivity index (χ3v) is 12.9. The third-order valence-electron chi connectivity index (χ3n) is 9.43. The van der Waals surface area contributed by atoms with Gasteiger partial charge in [0.2, 0.25) is 0 Å². The number of allylic oxidation sites excluding steroid dienone is 5. The quantitative estimate of drug-likeness (QED) is 0.148. The second-order valence-electron chi connectivity index (χ2n) is 11.6. The van der Waals surface area contributed by atoms with Crippen molar-refractivity contribution in [1.82, 2.24) is 4.57 Å². The van der Waals surface area contributed by atoms with Crippen molar-refractivity contribution >= 4 is 92.9 Å². The first kappa shape index (κ1) is 24.1. The smallest absolute Gasteiger partial charge is 0.177 e. The van der Waals surface area contributed by atoms with Crippen LogP contribution in [0.25, 0.3) is 62.8 Å². The van der Waals surface area contributed by atoms with Gasteiger partial charge in [-0.05, 0) is 54.6 Å². The van der Waals surface area contributed by atoms with E-state index in [1.165, 1.54) is 46.2 Å². The molecule has 0 amide bonds. The number of fused-ring (bicyclic) bond motifs is 7. The largest absolute Gasteiger partial charge is 0.301 e.